The monoisotopic (exact) mass is 280 g/mol. The summed E-state index contributed by atoms with van der Waals surface area (Å²) in [5, 5.41) is 15.1. The van der Waals surface area contributed by atoms with Crippen LogP contribution >= 0.6 is 0 Å². The molecule has 1 fully saturated rings. The summed E-state index contributed by atoms with van der Waals surface area (Å²) in [5.74, 6) is 0.284. The van der Waals surface area contributed by atoms with Gasteiger partial charge in [0.25, 0.3) is 0 Å². The lowest BCUT2D eigenvalue weighted by Gasteiger charge is -2.25. The van der Waals surface area contributed by atoms with Crippen molar-refractivity contribution in [1.29, 1.82) is 0 Å². The zero-order chi connectivity index (χ0) is 14.4. The molecule has 4 nitrogen and oxygen atoms in total. The van der Waals surface area contributed by atoms with Crippen LogP contribution in [0.4, 0.5) is 9.18 Å². The summed E-state index contributed by atoms with van der Waals surface area (Å²) in [4.78, 5) is 11.5. The molecule has 110 valence electrons. The van der Waals surface area contributed by atoms with E-state index in [9.17, 15) is 14.3 Å². The molecule has 0 saturated heterocycles. The number of amides is 2. The Bertz CT molecular complexity index is 449. The standard InChI is InChI=1S/C15H21FN2O2/c16-13-7-2-1-6-12(13)14(19)10-18-15(20)17-9-8-11-4-3-5-11/h1-2,6-7,11,14,19H,3-5,8-10H2,(H2,17,18,20). The van der Waals surface area contributed by atoms with Gasteiger partial charge in [-0.1, -0.05) is 37.5 Å². The molecular formula is C15H21FN2O2. The minimum absolute atomic E-state index is 0.00377. The number of benzene rings is 1. The molecule has 2 rings (SSSR count). The molecule has 5 heteroatoms. The normalized spacial score (nSPS) is 16.3. The zero-order valence-electron chi connectivity index (χ0n) is 11.4. The Morgan fingerprint density at radius 2 is 2.10 bits per heavy atom. The fourth-order valence-electron chi connectivity index (χ4n) is 2.28. The first kappa shape index (κ1) is 14.8. The number of aliphatic hydroxyl groups is 1. The van der Waals surface area contributed by atoms with Gasteiger partial charge in [0, 0.05) is 18.7 Å². The van der Waals surface area contributed by atoms with Crippen LogP contribution in [-0.2, 0) is 0 Å². The number of halogens is 1. The van der Waals surface area contributed by atoms with Gasteiger partial charge in [-0.2, -0.15) is 0 Å². The smallest absolute Gasteiger partial charge is 0.314 e. The number of rotatable bonds is 6. The molecule has 0 heterocycles. The molecule has 1 saturated carbocycles. The predicted octanol–water partition coefficient (Wildman–Crippen LogP) is 2.35. The van der Waals surface area contributed by atoms with E-state index in [-0.39, 0.29) is 18.1 Å². The molecule has 1 atom stereocenters. The molecule has 0 spiro atoms. The summed E-state index contributed by atoms with van der Waals surface area (Å²) in [5.41, 5.74) is 0.197. The third-order valence-electron chi connectivity index (χ3n) is 3.78. The lowest BCUT2D eigenvalue weighted by Crippen LogP contribution is -2.39. The maximum atomic E-state index is 13.4. The minimum Gasteiger partial charge on any atom is -0.386 e. The highest BCUT2D eigenvalue weighted by Crippen LogP contribution is 2.28. The number of urea groups is 1. The second kappa shape index (κ2) is 7.24. The lowest BCUT2D eigenvalue weighted by molar-refractivity contribution is 0.168. The molecule has 0 bridgehead atoms. The Morgan fingerprint density at radius 3 is 2.75 bits per heavy atom. The molecule has 1 aliphatic carbocycles. The second-order valence-electron chi connectivity index (χ2n) is 5.26. The van der Waals surface area contributed by atoms with E-state index < -0.39 is 11.9 Å². The summed E-state index contributed by atoms with van der Waals surface area (Å²) in [7, 11) is 0. The number of aliphatic hydroxyl groups excluding tert-OH is 1. The van der Waals surface area contributed by atoms with Crippen molar-refractivity contribution in [3.63, 3.8) is 0 Å². The van der Waals surface area contributed by atoms with Gasteiger partial charge >= 0.3 is 6.03 Å². The van der Waals surface area contributed by atoms with E-state index in [0.29, 0.717) is 6.54 Å². The zero-order valence-corrected chi connectivity index (χ0v) is 11.4. The first-order valence-corrected chi connectivity index (χ1v) is 7.11. The Labute approximate surface area is 118 Å². The van der Waals surface area contributed by atoms with Crippen LogP contribution < -0.4 is 10.6 Å². The number of hydrogen-bond donors (Lipinski definition) is 3. The van der Waals surface area contributed by atoms with E-state index in [1.54, 1.807) is 12.1 Å². The van der Waals surface area contributed by atoms with E-state index in [2.05, 4.69) is 10.6 Å². The van der Waals surface area contributed by atoms with Crippen LogP contribution in [0.2, 0.25) is 0 Å². The highest BCUT2D eigenvalue weighted by atomic mass is 19.1. The summed E-state index contributed by atoms with van der Waals surface area (Å²) >= 11 is 0. The van der Waals surface area contributed by atoms with Gasteiger partial charge < -0.3 is 15.7 Å². The highest BCUT2D eigenvalue weighted by Gasteiger charge is 2.17. The Balaban J connectivity index is 1.66. The fraction of sp³-hybridized carbons (Fsp3) is 0.533. The van der Waals surface area contributed by atoms with Gasteiger partial charge in [-0.3, -0.25) is 0 Å². The molecule has 20 heavy (non-hydrogen) atoms. The van der Waals surface area contributed by atoms with Crippen molar-refractivity contribution in [2.75, 3.05) is 13.1 Å². The highest BCUT2D eigenvalue weighted by molar-refractivity contribution is 5.73. The van der Waals surface area contributed by atoms with Gasteiger partial charge in [-0.25, -0.2) is 9.18 Å². The average Bonchev–Trinajstić information content (AvgIpc) is 2.39. The van der Waals surface area contributed by atoms with Gasteiger partial charge in [0.15, 0.2) is 0 Å². The minimum atomic E-state index is -1.03. The molecule has 0 aliphatic heterocycles. The van der Waals surface area contributed by atoms with Crippen LogP contribution in [0.1, 0.15) is 37.4 Å². The van der Waals surface area contributed by atoms with Crippen LogP contribution in [0.3, 0.4) is 0 Å². The van der Waals surface area contributed by atoms with Crippen LogP contribution in [0, 0.1) is 11.7 Å². The van der Waals surface area contributed by atoms with Gasteiger partial charge in [0.2, 0.25) is 0 Å². The van der Waals surface area contributed by atoms with Crippen molar-refractivity contribution in [1.82, 2.24) is 10.6 Å². The van der Waals surface area contributed by atoms with Crippen LogP contribution in [-0.4, -0.2) is 24.2 Å². The maximum absolute atomic E-state index is 13.4. The second-order valence-corrected chi connectivity index (χ2v) is 5.26. The number of carbonyl (C=O) groups is 1. The van der Waals surface area contributed by atoms with Crippen molar-refractivity contribution in [2.45, 2.75) is 31.8 Å². The first-order chi connectivity index (χ1) is 9.66. The molecule has 1 aliphatic rings. The van der Waals surface area contributed by atoms with Crippen molar-refractivity contribution < 1.29 is 14.3 Å². The lowest BCUT2D eigenvalue weighted by atomic mass is 9.83. The summed E-state index contributed by atoms with van der Waals surface area (Å²) < 4.78 is 13.4. The predicted molar refractivity (Wildman–Crippen MR) is 74.7 cm³/mol. The topological polar surface area (TPSA) is 61.4 Å². The Hall–Kier alpha value is -1.62. The maximum Gasteiger partial charge on any atom is 0.314 e. The number of carbonyl (C=O) groups excluding carboxylic acids is 1. The van der Waals surface area contributed by atoms with Crippen molar-refractivity contribution in [2.24, 2.45) is 5.92 Å². The van der Waals surface area contributed by atoms with Gasteiger partial charge in [-0.05, 0) is 18.4 Å². The molecule has 2 amide bonds. The Kier molecular flexibility index (Phi) is 5.35. The summed E-state index contributed by atoms with van der Waals surface area (Å²) in [6.45, 7) is 0.641. The molecule has 0 radical (unpaired) electrons. The van der Waals surface area contributed by atoms with E-state index in [0.717, 1.165) is 12.3 Å². The molecule has 1 aromatic rings. The summed E-state index contributed by atoms with van der Waals surface area (Å²) in [6, 6.07) is 5.69. The van der Waals surface area contributed by atoms with Crippen LogP contribution in [0.15, 0.2) is 24.3 Å². The first-order valence-electron chi connectivity index (χ1n) is 7.11. The van der Waals surface area contributed by atoms with E-state index in [1.165, 1.54) is 31.4 Å². The largest absolute Gasteiger partial charge is 0.386 e. The van der Waals surface area contributed by atoms with Gasteiger partial charge in [0.05, 0.1) is 6.10 Å². The molecule has 1 unspecified atom stereocenters. The van der Waals surface area contributed by atoms with Crippen molar-refractivity contribution in [3.8, 4) is 0 Å². The number of nitrogens with one attached hydrogen (secondary N) is 2. The van der Waals surface area contributed by atoms with Crippen LogP contribution in [0.5, 0.6) is 0 Å². The van der Waals surface area contributed by atoms with E-state index in [1.807, 2.05) is 0 Å². The third kappa shape index (κ3) is 4.20. The van der Waals surface area contributed by atoms with Gasteiger partial charge in [0.1, 0.15) is 5.82 Å². The number of hydrogen-bond acceptors (Lipinski definition) is 2. The molecular weight excluding hydrogens is 259 g/mol. The molecule has 0 aromatic heterocycles. The molecule has 1 aromatic carbocycles. The van der Waals surface area contributed by atoms with Gasteiger partial charge in [-0.15, -0.1) is 0 Å². The quantitative estimate of drug-likeness (QED) is 0.749. The van der Waals surface area contributed by atoms with Crippen molar-refractivity contribution in [3.05, 3.63) is 35.6 Å². The molecule has 3 N–H and O–H groups in total. The fourth-order valence-corrected chi connectivity index (χ4v) is 2.28. The van der Waals surface area contributed by atoms with Crippen LogP contribution in [0.25, 0.3) is 0 Å². The third-order valence-corrected chi connectivity index (χ3v) is 3.78. The average molecular weight is 280 g/mol. The van der Waals surface area contributed by atoms with E-state index >= 15 is 0 Å². The Morgan fingerprint density at radius 1 is 1.35 bits per heavy atom. The summed E-state index contributed by atoms with van der Waals surface area (Å²) in [6.07, 6.45) is 3.79. The van der Waals surface area contributed by atoms with E-state index in [4.69, 9.17) is 0 Å². The SMILES string of the molecule is O=C(NCCC1CCC1)NCC(O)c1ccccc1F. The van der Waals surface area contributed by atoms with Crippen molar-refractivity contribution >= 4 is 6.03 Å².